The van der Waals surface area contributed by atoms with Gasteiger partial charge in [-0.3, -0.25) is 4.79 Å². The van der Waals surface area contributed by atoms with Crippen molar-refractivity contribution in [1.29, 1.82) is 5.26 Å². The Balaban J connectivity index is 1.68. The Morgan fingerprint density at radius 2 is 1.83 bits per heavy atom. The quantitative estimate of drug-likeness (QED) is 0.855. The Bertz CT molecular complexity index is 659. The van der Waals surface area contributed by atoms with Crippen molar-refractivity contribution in [3.05, 3.63) is 65.7 Å². The normalized spacial score (nSPS) is 9.91. The number of rotatable bonds is 7. The van der Waals surface area contributed by atoms with Crippen LogP contribution in [0, 0.1) is 11.3 Å². The minimum absolute atomic E-state index is 0.0517. The second-order valence-electron chi connectivity index (χ2n) is 5.42. The van der Waals surface area contributed by atoms with Crippen LogP contribution in [0.15, 0.2) is 54.6 Å². The van der Waals surface area contributed by atoms with Gasteiger partial charge in [-0.25, -0.2) is 0 Å². The van der Waals surface area contributed by atoms with E-state index in [1.165, 1.54) is 0 Å². The number of benzene rings is 2. The van der Waals surface area contributed by atoms with Gasteiger partial charge in [-0.1, -0.05) is 30.3 Å². The summed E-state index contributed by atoms with van der Waals surface area (Å²) in [7, 11) is 2.01. The second kappa shape index (κ2) is 8.60. The summed E-state index contributed by atoms with van der Waals surface area (Å²) in [5.74, 6) is 0.0517. The highest BCUT2D eigenvalue weighted by Crippen LogP contribution is 2.10. The molecule has 0 unspecified atom stereocenters. The minimum Gasteiger partial charge on any atom is -0.373 e. The van der Waals surface area contributed by atoms with Crippen molar-refractivity contribution in [2.75, 3.05) is 25.0 Å². The lowest BCUT2D eigenvalue weighted by atomic mass is 10.1. The van der Waals surface area contributed by atoms with Gasteiger partial charge in [0.1, 0.15) is 0 Å². The van der Waals surface area contributed by atoms with Crippen LogP contribution in [0.4, 0.5) is 5.69 Å². The van der Waals surface area contributed by atoms with Crippen LogP contribution in [0.5, 0.6) is 0 Å². The summed E-state index contributed by atoms with van der Waals surface area (Å²) in [6.07, 6.45) is 1.15. The molecule has 0 aliphatic rings. The van der Waals surface area contributed by atoms with Gasteiger partial charge >= 0.3 is 0 Å². The van der Waals surface area contributed by atoms with Gasteiger partial charge < -0.3 is 10.2 Å². The predicted octanol–water partition coefficient (Wildman–Crippen LogP) is 2.74. The number of carbonyl (C=O) groups excluding carboxylic acids is 1. The number of nitriles is 1. The molecule has 2 aromatic carbocycles. The zero-order valence-electron chi connectivity index (χ0n) is 13.3. The summed E-state index contributed by atoms with van der Waals surface area (Å²) in [6.45, 7) is 1.39. The summed E-state index contributed by atoms with van der Waals surface area (Å²) in [4.78, 5) is 14.0. The molecule has 4 heteroatoms. The van der Waals surface area contributed by atoms with E-state index in [1.807, 2.05) is 49.5 Å². The number of nitrogens with zero attached hydrogens (tertiary/aromatic N) is 2. The number of hydrogen-bond acceptors (Lipinski definition) is 3. The van der Waals surface area contributed by atoms with Crippen LogP contribution in [-0.4, -0.2) is 26.0 Å². The zero-order chi connectivity index (χ0) is 16.5. The topological polar surface area (TPSA) is 56.1 Å². The molecule has 0 spiro atoms. The lowest BCUT2D eigenvalue weighted by Gasteiger charge is -2.19. The molecule has 0 fully saturated rings. The fraction of sp³-hybridized carbons (Fsp3) is 0.263. The lowest BCUT2D eigenvalue weighted by Crippen LogP contribution is -2.33. The van der Waals surface area contributed by atoms with E-state index in [2.05, 4.69) is 16.3 Å². The molecule has 2 aromatic rings. The molecule has 118 valence electrons. The van der Waals surface area contributed by atoms with E-state index in [0.29, 0.717) is 24.9 Å². The standard InChI is InChI=1S/C19H21N3O/c1-22(18-5-3-2-4-6-18)14-13-21-19(23)12-11-16-7-9-17(15-20)10-8-16/h2-10H,11-14H2,1H3,(H,21,23). The van der Waals surface area contributed by atoms with Gasteiger partial charge in [0.2, 0.25) is 5.91 Å². The molecular weight excluding hydrogens is 286 g/mol. The predicted molar refractivity (Wildman–Crippen MR) is 92.2 cm³/mol. The fourth-order valence-corrected chi connectivity index (χ4v) is 2.27. The molecule has 0 radical (unpaired) electrons. The van der Waals surface area contributed by atoms with Crippen LogP contribution >= 0.6 is 0 Å². The van der Waals surface area contributed by atoms with Crippen molar-refractivity contribution in [2.45, 2.75) is 12.8 Å². The monoisotopic (exact) mass is 307 g/mol. The summed E-state index contributed by atoms with van der Waals surface area (Å²) in [6, 6.07) is 19.5. The molecule has 23 heavy (non-hydrogen) atoms. The summed E-state index contributed by atoms with van der Waals surface area (Å²) in [5.41, 5.74) is 2.85. The number of hydrogen-bond donors (Lipinski definition) is 1. The number of carbonyl (C=O) groups is 1. The van der Waals surface area contributed by atoms with Gasteiger partial charge in [-0.2, -0.15) is 5.26 Å². The van der Waals surface area contributed by atoms with E-state index in [1.54, 1.807) is 12.1 Å². The smallest absolute Gasteiger partial charge is 0.220 e. The summed E-state index contributed by atoms with van der Waals surface area (Å²) < 4.78 is 0. The largest absolute Gasteiger partial charge is 0.373 e. The Kier molecular flexibility index (Phi) is 6.19. The molecule has 0 aliphatic carbocycles. The molecule has 4 nitrogen and oxygen atoms in total. The molecule has 1 N–H and O–H groups in total. The van der Waals surface area contributed by atoms with Crippen molar-refractivity contribution in [3.63, 3.8) is 0 Å². The van der Waals surface area contributed by atoms with Crippen LogP contribution in [0.25, 0.3) is 0 Å². The molecule has 0 aromatic heterocycles. The zero-order valence-corrected chi connectivity index (χ0v) is 13.3. The summed E-state index contributed by atoms with van der Waals surface area (Å²) >= 11 is 0. The highest BCUT2D eigenvalue weighted by Gasteiger charge is 2.04. The Morgan fingerprint density at radius 3 is 2.48 bits per heavy atom. The molecule has 0 atom stereocenters. The highest BCUT2D eigenvalue weighted by molar-refractivity contribution is 5.76. The van der Waals surface area contributed by atoms with Crippen LogP contribution in [0.2, 0.25) is 0 Å². The number of likely N-dealkylation sites (N-methyl/N-ethyl adjacent to an activating group) is 1. The third-order valence-corrected chi connectivity index (χ3v) is 3.69. The second-order valence-corrected chi connectivity index (χ2v) is 5.42. The third kappa shape index (κ3) is 5.48. The molecule has 0 saturated heterocycles. The molecule has 0 aliphatic heterocycles. The first-order valence-electron chi connectivity index (χ1n) is 7.71. The van der Waals surface area contributed by atoms with Gasteiger partial charge in [0.05, 0.1) is 11.6 Å². The van der Waals surface area contributed by atoms with E-state index in [-0.39, 0.29) is 5.91 Å². The number of nitrogens with one attached hydrogen (secondary N) is 1. The first-order valence-corrected chi connectivity index (χ1v) is 7.71. The van der Waals surface area contributed by atoms with Gasteiger partial charge in [-0.15, -0.1) is 0 Å². The Hall–Kier alpha value is -2.80. The number of para-hydroxylation sites is 1. The third-order valence-electron chi connectivity index (χ3n) is 3.69. The van der Waals surface area contributed by atoms with E-state index in [4.69, 9.17) is 5.26 Å². The van der Waals surface area contributed by atoms with Crippen molar-refractivity contribution < 1.29 is 4.79 Å². The van der Waals surface area contributed by atoms with Crippen molar-refractivity contribution in [2.24, 2.45) is 0 Å². The van der Waals surface area contributed by atoms with Gasteiger partial charge in [0.15, 0.2) is 0 Å². The van der Waals surface area contributed by atoms with E-state index in [9.17, 15) is 4.79 Å². The van der Waals surface area contributed by atoms with Crippen molar-refractivity contribution in [1.82, 2.24) is 5.32 Å². The average molecular weight is 307 g/mol. The van der Waals surface area contributed by atoms with Crippen LogP contribution in [0.3, 0.4) is 0 Å². The maximum Gasteiger partial charge on any atom is 0.220 e. The highest BCUT2D eigenvalue weighted by atomic mass is 16.1. The van der Waals surface area contributed by atoms with E-state index in [0.717, 1.165) is 17.8 Å². The average Bonchev–Trinajstić information content (AvgIpc) is 2.61. The van der Waals surface area contributed by atoms with Crippen molar-refractivity contribution >= 4 is 11.6 Å². The van der Waals surface area contributed by atoms with E-state index < -0.39 is 0 Å². The van der Waals surface area contributed by atoms with Crippen LogP contribution in [0.1, 0.15) is 17.5 Å². The molecule has 2 rings (SSSR count). The maximum absolute atomic E-state index is 11.9. The first-order chi connectivity index (χ1) is 11.2. The number of aryl methyl sites for hydroxylation is 1. The van der Waals surface area contributed by atoms with E-state index >= 15 is 0 Å². The number of amides is 1. The Labute approximate surface area is 137 Å². The fourth-order valence-electron chi connectivity index (χ4n) is 2.27. The van der Waals surface area contributed by atoms with Gasteiger partial charge in [0, 0.05) is 32.2 Å². The summed E-state index contributed by atoms with van der Waals surface area (Å²) in [5, 5.41) is 11.7. The minimum atomic E-state index is 0.0517. The van der Waals surface area contributed by atoms with Gasteiger partial charge in [0.25, 0.3) is 0 Å². The molecular formula is C19H21N3O. The molecule has 0 bridgehead atoms. The molecule has 1 amide bonds. The van der Waals surface area contributed by atoms with Crippen LogP contribution < -0.4 is 10.2 Å². The van der Waals surface area contributed by atoms with Gasteiger partial charge in [-0.05, 0) is 36.2 Å². The maximum atomic E-state index is 11.9. The SMILES string of the molecule is CN(CCNC(=O)CCc1ccc(C#N)cc1)c1ccccc1. The van der Waals surface area contributed by atoms with Crippen molar-refractivity contribution in [3.8, 4) is 6.07 Å². The first kappa shape index (κ1) is 16.6. The molecule has 0 heterocycles. The number of anilines is 1. The van der Waals surface area contributed by atoms with Crippen LogP contribution in [-0.2, 0) is 11.2 Å². The molecule has 0 saturated carbocycles. The lowest BCUT2D eigenvalue weighted by molar-refractivity contribution is -0.120. The Morgan fingerprint density at radius 1 is 1.13 bits per heavy atom.